The number of aryl methyl sites for hydroxylation is 1. The first-order chi connectivity index (χ1) is 25.8. The van der Waals surface area contributed by atoms with Crippen molar-refractivity contribution in [1.82, 2.24) is 9.55 Å². The number of aromatic nitrogens is 2. The number of hydrogen-bond donors (Lipinski definition) is 0. The van der Waals surface area contributed by atoms with Crippen LogP contribution in [-0.2, 0) is 6.42 Å². The van der Waals surface area contributed by atoms with Gasteiger partial charge in [-0.25, -0.2) is 4.98 Å². The first kappa shape index (κ1) is 29.1. The van der Waals surface area contributed by atoms with Gasteiger partial charge >= 0.3 is 0 Å². The molecule has 0 radical (unpaired) electrons. The molecular weight excluding hydrogens is 631 g/mol. The molecule has 1 aromatic heterocycles. The Morgan fingerprint density at radius 2 is 1.08 bits per heavy atom. The fourth-order valence-electron chi connectivity index (χ4n) is 8.84. The highest BCUT2D eigenvalue weighted by atomic mass is 15.2. The van der Waals surface area contributed by atoms with Crippen LogP contribution in [0.3, 0.4) is 0 Å². The van der Waals surface area contributed by atoms with Gasteiger partial charge in [0.05, 0.1) is 28.1 Å². The summed E-state index contributed by atoms with van der Waals surface area (Å²) < 4.78 is 2.45. The summed E-state index contributed by atoms with van der Waals surface area (Å²) in [7, 11) is 0. The van der Waals surface area contributed by atoms with Crippen LogP contribution in [0.4, 0.5) is 17.1 Å². The summed E-state index contributed by atoms with van der Waals surface area (Å²) in [6, 6.07) is 62.2. The minimum atomic E-state index is 0.824. The van der Waals surface area contributed by atoms with E-state index in [2.05, 4.69) is 186 Å². The Bertz CT molecular complexity index is 3010. The molecule has 0 spiro atoms. The molecule has 11 rings (SSSR count). The van der Waals surface area contributed by atoms with E-state index in [-0.39, 0.29) is 0 Å². The molecule has 0 bridgehead atoms. The van der Waals surface area contributed by atoms with E-state index in [0.717, 1.165) is 40.3 Å². The molecule has 0 unspecified atom stereocenters. The number of hydrogen-bond acceptors (Lipinski definition) is 2. The SMILES string of the molecule is CCc1nc2cccc3c2n1-c1c(-c2c4ccccc4c(-c4ccc5ccc6ccccc6c5c4)c4ccccc24)cccc1N3c1ccccc1. The molecular formula is C49H33N3. The zero-order valence-electron chi connectivity index (χ0n) is 28.7. The third-order valence-electron chi connectivity index (χ3n) is 11.0. The lowest BCUT2D eigenvalue weighted by Gasteiger charge is -2.34. The van der Waals surface area contributed by atoms with Gasteiger partial charge in [0.25, 0.3) is 0 Å². The van der Waals surface area contributed by atoms with Crippen molar-refractivity contribution in [1.29, 1.82) is 0 Å². The minimum absolute atomic E-state index is 0.824. The standard InChI is InChI=1S/C49H33N3/c1-2-45-50-42-23-13-25-44-49(42)52(45)48-40(22-12-24-43(48)51(44)34-15-4-3-5-16-34)47-38-20-10-8-18-36(38)46(37-19-9-11-21-39(37)47)33-29-28-32-27-26-31-14-6-7-17-35(31)41(32)30-33/h3-30H,2H2,1H3. The Hall–Kier alpha value is -6.71. The number of nitrogens with zero attached hydrogens (tertiary/aromatic N) is 3. The summed E-state index contributed by atoms with van der Waals surface area (Å²) in [6.45, 7) is 2.21. The molecule has 0 saturated carbocycles. The lowest BCUT2D eigenvalue weighted by atomic mass is 9.84. The topological polar surface area (TPSA) is 21.1 Å². The van der Waals surface area contributed by atoms with E-state index < -0.39 is 0 Å². The normalized spacial score (nSPS) is 12.4. The van der Waals surface area contributed by atoms with E-state index in [1.54, 1.807) is 0 Å². The number of para-hydroxylation sites is 3. The summed E-state index contributed by atoms with van der Waals surface area (Å²) in [5, 5.41) is 10.0. The second kappa shape index (κ2) is 11.1. The summed E-state index contributed by atoms with van der Waals surface area (Å²) in [5.74, 6) is 1.07. The number of fused-ring (bicyclic) bond motifs is 7. The van der Waals surface area contributed by atoms with Gasteiger partial charge in [-0.15, -0.1) is 0 Å². The zero-order valence-corrected chi connectivity index (χ0v) is 28.7. The number of imidazole rings is 1. The van der Waals surface area contributed by atoms with E-state index in [1.807, 2.05) is 0 Å². The van der Waals surface area contributed by atoms with Crippen molar-refractivity contribution in [3.63, 3.8) is 0 Å². The van der Waals surface area contributed by atoms with Crippen molar-refractivity contribution in [3.05, 3.63) is 176 Å². The van der Waals surface area contributed by atoms with Gasteiger partial charge in [0, 0.05) is 17.7 Å². The van der Waals surface area contributed by atoms with Gasteiger partial charge in [-0.05, 0) is 96.2 Å². The van der Waals surface area contributed by atoms with E-state index in [1.165, 1.54) is 71.0 Å². The fraction of sp³-hybridized carbons (Fsp3) is 0.0408. The molecule has 2 heterocycles. The van der Waals surface area contributed by atoms with Gasteiger partial charge in [0.15, 0.2) is 0 Å². The van der Waals surface area contributed by atoms with Gasteiger partial charge in [-0.3, -0.25) is 4.57 Å². The molecule has 244 valence electrons. The van der Waals surface area contributed by atoms with Crippen LogP contribution in [-0.4, -0.2) is 9.55 Å². The van der Waals surface area contributed by atoms with E-state index in [4.69, 9.17) is 4.98 Å². The van der Waals surface area contributed by atoms with Gasteiger partial charge in [-0.2, -0.15) is 0 Å². The Labute approximate surface area is 301 Å². The van der Waals surface area contributed by atoms with Crippen molar-refractivity contribution in [2.45, 2.75) is 13.3 Å². The molecule has 3 heteroatoms. The summed E-state index contributed by atoms with van der Waals surface area (Å²) in [6.07, 6.45) is 0.824. The molecule has 0 fully saturated rings. The predicted molar refractivity (Wildman–Crippen MR) is 220 cm³/mol. The molecule has 0 N–H and O–H groups in total. The van der Waals surface area contributed by atoms with Crippen LogP contribution in [0.2, 0.25) is 0 Å². The minimum Gasteiger partial charge on any atom is -0.306 e. The molecule has 0 saturated heterocycles. The Kier molecular flexibility index (Phi) is 6.23. The maximum Gasteiger partial charge on any atom is 0.114 e. The third kappa shape index (κ3) is 4.05. The van der Waals surface area contributed by atoms with Crippen LogP contribution >= 0.6 is 0 Å². The number of benzene rings is 9. The molecule has 0 atom stereocenters. The summed E-state index contributed by atoms with van der Waals surface area (Å²) >= 11 is 0. The first-order valence-corrected chi connectivity index (χ1v) is 18.1. The van der Waals surface area contributed by atoms with Crippen LogP contribution in [0, 0.1) is 0 Å². The van der Waals surface area contributed by atoms with Crippen LogP contribution in [0.1, 0.15) is 12.7 Å². The highest BCUT2D eigenvalue weighted by Crippen LogP contribution is 2.52. The molecule has 10 aromatic rings. The van der Waals surface area contributed by atoms with E-state index >= 15 is 0 Å². The van der Waals surface area contributed by atoms with Gasteiger partial charge in [-0.1, -0.05) is 140 Å². The average molecular weight is 664 g/mol. The van der Waals surface area contributed by atoms with Crippen LogP contribution in [0.15, 0.2) is 170 Å². The molecule has 1 aliphatic heterocycles. The lowest BCUT2D eigenvalue weighted by Crippen LogP contribution is -2.19. The lowest BCUT2D eigenvalue weighted by molar-refractivity contribution is 0.902. The van der Waals surface area contributed by atoms with E-state index in [0.29, 0.717) is 0 Å². The molecule has 3 nitrogen and oxygen atoms in total. The monoisotopic (exact) mass is 663 g/mol. The second-order valence-corrected chi connectivity index (χ2v) is 13.8. The first-order valence-electron chi connectivity index (χ1n) is 18.1. The number of rotatable bonds is 4. The predicted octanol–water partition coefficient (Wildman–Crippen LogP) is 13.3. The Morgan fingerprint density at radius 3 is 1.81 bits per heavy atom. The van der Waals surface area contributed by atoms with Gasteiger partial charge in [0.2, 0.25) is 0 Å². The van der Waals surface area contributed by atoms with E-state index in [9.17, 15) is 0 Å². The Balaban J connectivity index is 1.26. The van der Waals surface area contributed by atoms with Crippen LogP contribution in [0.5, 0.6) is 0 Å². The molecule has 0 aliphatic carbocycles. The second-order valence-electron chi connectivity index (χ2n) is 13.8. The van der Waals surface area contributed by atoms with Crippen LogP contribution in [0.25, 0.3) is 82.1 Å². The molecule has 0 amide bonds. The van der Waals surface area contributed by atoms with Gasteiger partial charge < -0.3 is 4.90 Å². The van der Waals surface area contributed by atoms with Gasteiger partial charge in [0.1, 0.15) is 5.82 Å². The van der Waals surface area contributed by atoms with Crippen molar-refractivity contribution in [2.24, 2.45) is 0 Å². The molecule has 52 heavy (non-hydrogen) atoms. The fourth-order valence-corrected chi connectivity index (χ4v) is 8.84. The zero-order chi connectivity index (χ0) is 34.3. The van der Waals surface area contributed by atoms with Crippen molar-refractivity contribution >= 4 is 71.2 Å². The van der Waals surface area contributed by atoms with Crippen LogP contribution < -0.4 is 4.90 Å². The van der Waals surface area contributed by atoms with Crippen molar-refractivity contribution in [2.75, 3.05) is 4.90 Å². The summed E-state index contributed by atoms with van der Waals surface area (Å²) in [4.78, 5) is 7.64. The Morgan fingerprint density at radius 1 is 0.481 bits per heavy atom. The average Bonchev–Trinajstić information content (AvgIpc) is 3.59. The molecule has 1 aliphatic rings. The highest BCUT2D eigenvalue weighted by Gasteiger charge is 2.31. The largest absolute Gasteiger partial charge is 0.306 e. The maximum atomic E-state index is 5.23. The smallest absolute Gasteiger partial charge is 0.114 e. The quantitative estimate of drug-likeness (QED) is 0.138. The highest BCUT2D eigenvalue weighted by molar-refractivity contribution is 6.23. The summed E-state index contributed by atoms with van der Waals surface area (Å²) in [5.41, 5.74) is 11.7. The van der Waals surface area contributed by atoms with Crippen molar-refractivity contribution in [3.8, 4) is 27.9 Å². The maximum absolute atomic E-state index is 5.23. The van der Waals surface area contributed by atoms with Crippen molar-refractivity contribution < 1.29 is 0 Å². The third-order valence-corrected chi connectivity index (χ3v) is 11.0. The molecule has 9 aromatic carbocycles. The number of anilines is 3.